The van der Waals surface area contributed by atoms with Crippen LogP contribution in [0, 0.1) is 0 Å². The van der Waals surface area contributed by atoms with Gasteiger partial charge in [-0.25, -0.2) is 9.67 Å². The number of aromatic nitrogens is 3. The van der Waals surface area contributed by atoms with E-state index in [0.717, 1.165) is 21.3 Å². The Kier molecular flexibility index (Phi) is 5.21. The molecule has 0 radical (unpaired) electrons. The van der Waals surface area contributed by atoms with Gasteiger partial charge in [0, 0.05) is 10.2 Å². The number of fused-ring (bicyclic) bond motifs is 1. The Morgan fingerprint density at radius 3 is 2.89 bits per heavy atom. The van der Waals surface area contributed by atoms with Gasteiger partial charge in [-0.3, -0.25) is 9.59 Å². The first-order valence-corrected chi connectivity index (χ1v) is 9.71. The largest absolute Gasteiger partial charge is 0.337 e. The summed E-state index contributed by atoms with van der Waals surface area (Å²) in [6.07, 6.45) is 2.70. The first-order valence-electron chi connectivity index (χ1n) is 8.92. The fourth-order valence-electron chi connectivity index (χ4n) is 3.15. The summed E-state index contributed by atoms with van der Waals surface area (Å²) in [5, 5.41) is 9.85. The molecule has 0 fully saturated rings. The predicted octanol–water partition coefficient (Wildman–Crippen LogP) is 2.77. The van der Waals surface area contributed by atoms with Crippen LogP contribution in [0.1, 0.15) is 28.2 Å². The number of anilines is 1. The molecule has 1 aromatic heterocycles. The number of rotatable bonds is 4. The Hall–Kier alpha value is -3.00. The average molecular weight is 440 g/mol. The highest BCUT2D eigenvalue weighted by Gasteiger charge is 2.26. The van der Waals surface area contributed by atoms with E-state index >= 15 is 0 Å². The summed E-state index contributed by atoms with van der Waals surface area (Å²) >= 11 is 3.44. The number of nitrogens with zero attached hydrogens (tertiary/aromatic N) is 3. The molecule has 8 heteroatoms. The first-order chi connectivity index (χ1) is 13.6. The van der Waals surface area contributed by atoms with Crippen molar-refractivity contribution in [2.75, 3.05) is 5.32 Å². The zero-order valence-corrected chi connectivity index (χ0v) is 16.5. The molecule has 4 rings (SSSR count). The lowest BCUT2D eigenvalue weighted by atomic mass is 10.1. The molecule has 28 heavy (non-hydrogen) atoms. The number of benzene rings is 2. The monoisotopic (exact) mass is 439 g/mol. The van der Waals surface area contributed by atoms with Crippen LogP contribution in [0.25, 0.3) is 0 Å². The fraction of sp³-hybridized carbons (Fsp3) is 0.200. The molecule has 2 N–H and O–H groups in total. The third kappa shape index (κ3) is 4.12. The van der Waals surface area contributed by atoms with Crippen LogP contribution in [0.2, 0.25) is 0 Å². The summed E-state index contributed by atoms with van der Waals surface area (Å²) in [7, 11) is 0. The van der Waals surface area contributed by atoms with Crippen molar-refractivity contribution in [3.8, 4) is 0 Å². The molecule has 2 aromatic carbocycles. The van der Waals surface area contributed by atoms with Gasteiger partial charge in [0.05, 0.1) is 6.54 Å². The van der Waals surface area contributed by atoms with E-state index in [0.29, 0.717) is 19.4 Å². The Balaban J connectivity index is 1.42. The van der Waals surface area contributed by atoms with E-state index in [4.69, 9.17) is 0 Å². The van der Waals surface area contributed by atoms with Gasteiger partial charge in [0.25, 0.3) is 5.91 Å². The van der Waals surface area contributed by atoms with E-state index in [1.165, 1.54) is 6.33 Å². The number of halogens is 1. The molecule has 3 aromatic rings. The van der Waals surface area contributed by atoms with Crippen LogP contribution < -0.4 is 10.6 Å². The molecule has 1 aliphatic heterocycles. The zero-order chi connectivity index (χ0) is 19.5. The highest BCUT2D eigenvalue weighted by Crippen LogP contribution is 2.25. The van der Waals surface area contributed by atoms with Crippen LogP contribution in [-0.2, 0) is 17.8 Å². The maximum Gasteiger partial charge on any atom is 0.291 e. The maximum atomic E-state index is 12.5. The molecule has 0 saturated carbocycles. The Morgan fingerprint density at radius 2 is 2.07 bits per heavy atom. The number of hydrogen-bond acceptors (Lipinski definition) is 4. The van der Waals surface area contributed by atoms with Gasteiger partial charge >= 0.3 is 0 Å². The highest BCUT2D eigenvalue weighted by atomic mass is 79.9. The second-order valence-electron chi connectivity index (χ2n) is 6.61. The smallest absolute Gasteiger partial charge is 0.291 e. The molecule has 7 nitrogen and oxygen atoms in total. The van der Waals surface area contributed by atoms with Gasteiger partial charge in [0.2, 0.25) is 11.7 Å². The summed E-state index contributed by atoms with van der Waals surface area (Å²) in [4.78, 5) is 29.1. The van der Waals surface area contributed by atoms with E-state index in [2.05, 4.69) is 36.6 Å². The molecular formula is C20H18BrN5O2. The molecule has 2 amide bonds. The lowest BCUT2D eigenvalue weighted by Gasteiger charge is -2.14. The molecule has 0 unspecified atom stereocenters. The van der Waals surface area contributed by atoms with Crippen LogP contribution in [0.5, 0.6) is 0 Å². The SMILES string of the molecule is O=C(N[C@H]1CCc2cc(Br)ccc2NC1=O)c1ncn(Cc2ccccc2)n1. The van der Waals surface area contributed by atoms with Gasteiger partial charge in [0.1, 0.15) is 12.4 Å². The van der Waals surface area contributed by atoms with Crippen molar-refractivity contribution in [3.05, 3.63) is 76.3 Å². The van der Waals surface area contributed by atoms with Crippen LogP contribution in [0.3, 0.4) is 0 Å². The first kappa shape index (κ1) is 18.4. The normalized spacial score (nSPS) is 16.0. The fourth-order valence-corrected chi connectivity index (χ4v) is 3.56. The van der Waals surface area contributed by atoms with Crippen molar-refractivity contribution in [2.45, 2.75) is 25.4 Å². The topological polar surface area (TPSA) is 88.9 Å². The average Bonchev–Trinajstić information content (AvgIpc) is 3.10. The van der Waals surface area contributed by atoms with Crippen LogP contribution in [-0.4, -0.2) is 32.6 Å². The van der Waals surface area contributed by atoms with Crippen molar-refractivity contribution in [1.82, 2.24) is 20.1 Å². The second-order valence-corrected chi connectivity index (χ2v) is 7.52. The molecule has 0 spiro atoms. The molecule has 0 aliphatic carbocycles. The van der Waals surface area contributed by atoms with E-state index in [-0.39, 0.29) is 11.7 Å². The van der Waals surface area contributed by atoms with E-state index in [1.807, 2.05) is 48.5 Å². The lowest BCUT2D eigenvalue weighted by Crippen LogP contribution is -2.43. The van der Waals surface area contributed by atoms with Crippen molar-refractivity contribution in [3.63, 3.8) is 0 Å². The van der Waals surface area contributed by atoms with Gasteiger partial charge in [0.15, 0.2) is 0 Å². The van der Waals surface area contributed by atoms with E-state index in [1.54, 1.807) is 4.68 Å². The summed E-state index contributed by atoms with van der Waals surface area (Å²) in [5.41, 5.74) is 2.87. The Morgan fingerprint density at radius 1 is 1.25 bits per heavy atom. The van der Waals surface area contributed by atoms with Crippen LogP contribution >= 0.6 is 15.9 Å². The van der Waals surface area contributed by atoms with Crippen molar-refractivity contribution < 1.29 is 9.59 Å². The maximum absolute atomic E-state index is 12.5. The van der Waals surface area contributed by atoms with Gasteiger partial charge in [-0.05, 0) is 42.2 Å². The third-order valence-corrected chi connectivity index (χ3v) is 5.07. The number of carbonyl (C=O) groups excluding carboxylic acids is 2. The van der Waals surface area contributed by atoms with Crippen molar-refractivity contribution in [2.24, 2.45) is 0 Å². The molecule has 1 aliphatic rings. The number of amides is 2. The quantitative estimate of drug-likeness (QED) is 0.653. The summed E-state index contributed by atoms with van der Waals surface area (Å²) in [6.45, 7) is 0.523. The van der Waals surface area contributed by atoms with E-state index < -0.39 is 11.9 Å². The predicted molar refractivity (Wildman–Crippen MR) is 108 cm³/mol. The number of carbonyl (C=O) groups is 2. The minimum atomic E-state index is -0.639. The van der Waals surface area contributed by atoms with Gasteiger partial charge in [-0.2, -0.15) is 0 Å². The van der Waals surface area contributed by atoms with Crippen molar-refractivity contribution in [1.29, 1.82) is 0 Å². The molecule has 0 bridgehead atoms. The van der Waals surface area contributed by atoms with Gasteiger partial charge in [-0.1, -0.05) is 46.3 Å². The number of aryl methyl sites for hydroxylation is 1. The van der Waals surface area contributed by atoms with Crippen molar-refractivity contribution >= 4 is 33.4 Å². The minimum absolute atomic E-state index is 0.0493. The standard InChI is InChI=1S/C20H18BrN5O2/c21-15-7-9-16-14(10-15)6-8-17(19(27)23-16)24-20(28)18-22-12-26(25-18)11-13-4-2-1-3-5-13/h1-5,7,9-10,12,17H,6,8,11H2,(H,23,27)(H,24,28)/t17-/m0/s1. The van der Waals surface area contributed by atoms with Crippen LogP contribution in [0.4, 0.5) is 5.69 Å². The Bertz CT molecular complexity index is 1020. The lowest BCUT2D eigenvalue weighted by molar-refractivity contribution is -0.118. The van der Waals surface area contributed by atoms with Crippen LogP contribution in [0.15, 0.2) is 59.3 Å². The molecule has 1 atom stereocenters. The molecule has 142 valence electrons. The van der Waals surface area contributed by atoms with Gasteiger partial charge in [-0.15, -0.1) is 5.10 Å². The summed E-state index contributed by atoms with van der Waals surface area (Å²) < 4.78 is 2.56. The number of hydrogen-bond donors (Lipinski definition) is 2. The van der Waals surface area contributed by atoms with Gasteiger partial charge < -0.3 is 10.6 Å². The summed E-state index contributed by atoms with van der Waals surface area (Å²) in [5.74, 6) is -0.648. The Labute approximate surface area is 170 Å². The number of nitrogens with one attached hydrogen (secondary N) is 2. The minimum Gasteiger partial charge on any atom is -0.337 e. The zero-order valence-electron chi connectivity index (χ0n) is 14.9. The molecule has 2 heterocycles. The molecule has 0 saturated heterocycles. The highest BCUT2D eigenvalue weighted by molar-refractivity contribution is 9.10. The second kappa shape index (κ2) is 7.93. The third-order valence-electron chi connectivity index (χ3n) is 4.58. The molecular weight excluding hydrogens is 422 g/mol. The summed E-state index contributed by atoms with van der Waals surface area (Å²) in [6, 6.07) is 14.9. The van der Waals surface area contributed by atoms with E-state index in [9.17, 15) is 9.59 Å².